The van der Waals surface area contributed by atoms with Crippen LogP contribution in [0, 0.1) is 0 Å². The van der Waals surface area contributed by atoms with Crippen molar-refractivity contribution in [2.75, 3.05) is 0 Å². The van der Waals surface area contributed by atoms with Gasteiger partial charge < -0.3 is 15.1 Å². The van der Waals surface area contributed by atoms with Gasteiger partial charge in [0.1, 0.15) is 11.9 Å². The lowest BCUT2D eigenvalue weighted by Crippen LogP contribution is -2.31. The predicted molar refractivity (Wildman–Crippen MR) is 81.2 cm³/mol. The molecule has 1 fully saturated rings. The van der Waals surface area contributed by atoms with E-state index in [1.54, 1.807) is 0 Å². The summed E-state index contributed by atoms with van der Waals surface area (Å²) < 4.78 is 6.15. The van der Waals surface area contributed by atoms with E-state index in [9.17, 15) is 5.11 Å². The van der Waals surface area contributed by atoms with Crippen molar-refractivity contribution in [3.05, 3.63) is 29.3 Å². The fraction of sp³-hybridized carbons (Fsp3) is 0.588. The van der Waals surface area contributed by atoms with E-state index >= 15 is 0 Å². The molecule has 0 aliphatic heterocycles. The summed E-state index contributed by atoms with van der Waals surface area (Å²) in [6.45, 7) is 0. The lowest BCUT2D eigenvalue weighted by atomic mass is 9.89. The first-order valence-electron chi connectivity index (χ1n) is 7.97. The molecule has 4 nitrogen and oxygen atoms in total. The van der Waals surface area contributed by atoms with Gasteiger partial charge in [0.05, 0.1) is 11.8 Å². The molecular weight excluding hydrogens is 266 g/mol. The number of rotatable bonds is 2. The van der Waals surface area contributed by atoms with Crippen LogP contribution in [0.5, 0.6) is 5.75 Å². The molecule has 2 unspecified atom stereocenters. The number of ether oxygens (including phenoxy) is 1. The number of fused-ring (bicyclic) bond motifs is 1. The van der Waals surface area contributed by atoms with Gasteiger partial charge in [-0.05, 0) is 44.6 Å². The van der Waals surface area contributed by atoms with Gasteiger partial charge in [-0.15, -0.1) is 0 Å². The van der Waals surface area contributed by atoms with Gasteiger partial charge in [-0.1, -0.05) is 30.1 Å². The maximum atomic E-state index is 10.2. The van der Waals surface area contributed by atoms with Gasteiger partial charge in [0.2, 0.25) is 0 Å². The Morgan fingerprint density at radius 1 is 1.05 bits per heavy atom. The summed E-state index contributed by atoms with van der Waals surface area (Å²) in [5.74, 6) is 0.847. The van der Waals surface area contributed by atoms with E-state index in [1.165, 1.54) is 6.42 Å². The summed E-state index contributed by atoms with van der Waals surface area (Å²) in [7, 11) is 0. The van der Waals surface area contributed by atoms with Crippen molar-refractivity contribution in [2.45, 2.75) is 63.6 Å². The summed E-state index contributed by atoms with van der Waals surface area (Å²) >= 11 is 0. The van der Waals surface area contributed by atoms with E-state index in [1.807, 2.05) is 18.2 Å². The van der Waals surface area contributed by atoms with Crippen molar-refractivity contribution in [1.82, 2.24) is 0 Å². The topological polar surface area (TPSA) is 62.1 Å². The van der Waals surface area contributed by atoms with Crippen LogP contribution >= 0.6 is 0 Å². The first-order valence-corrected chi connectivity index (χ1v) is 7.97. The van der Waals surface area contributed by atoms with Crippen LogP contribution in [0.2, 0.25) is 0 Å². The van der Waals surface area contributed by atoms with Crippen molar-refractivity contribution in [1.29, 1.82) is 0 Å². The molecule has 114 valence electrons. The average Bonchev–Trinajstić information content (AvgIpc) is 2.72. The Morgan fingerprint density at radius 2 is 1.90 bits per heavy atom. The zero-order valence-electron chi connectivity index (χ0n) is 12.3. The molecule has 2 aliphatic rings. The molecule has 4 heteroatoms. The predicted octanol–water partition coefficient (Wildman–Crippen LogP) is 3.27. The molecule has 0 amide bonds. The van der Waals surface area contributed by atoms with Crippen LogP contribution in [-0.4, -0.2) is 28.2 Å². The van der Waals surface area contributed by atoms with Gasteiger partial charge in [0, 0.05) is 11.1 Å². The molecule has 0 aromatic heterocycles. The summed E-state index contributed by atoms with van der Waals surface area (Å²) in [5, 5.41) is 22.8. The third-order valence-corrected chi connectivity index (χ3v) is 4.60. The van der Waals surface area contributed by atoms with Crippen molar-refractivity contribution < 1.29 is 15.1 Å². The normalized spacial score (nSPS) is 28.0. The Morgan fingerprint density at radius 3 is 2.76 bits per heavy atom. The molecule has 1 saturated carbocycles. The van der Waals surface area contributed by atoms with Gasteiger partial charge in [0.25, 0.3) is 0 Å². The van der Waals surface area contributed by atoms with Gasteiger partial charge in [-0.2, -0.15) is 0 Å². The SMILES string of the molecule is ON=C1CCCc2c(OC3CCCCCC3O)cccc21. The molecule has 1 aromatic rings. The monoisotopic (exact) mass is 289 g/mol. The highest BCUT2D eigenvalue weighted by Crippen LogP contribution is 2.32. The van der Waals surface area contributed by atoms with Gasteiger partial charge in [-0.25, -0.2) is 0 Å². The second-order valence-corrected chi connectivity index (χ2v) is 6.04. The molecule has 1 aromatic carbocycles. The summed E-state index contributed by atoms with van der Waals surface area (Å²) in [6, 6.07) is 5.89. The van der Waals surface area contributed by atoms with Crippen LogP contribution in [-0.2, 0) is 6.42 Å². The number of aliphatic hydroxyl groups is 1. The average molecular weight is 289 g/mol. The third-order valence-electron chi connectivity index (χ3n) is 4.60. The third kappa shape index (κ3) is 3.05. The molecule has 0 spiro atoms. The Bertz CT molecular complexity index is 527. The maximum absolute atomic E-state index is 10.2. The Balaban J connectivity index is 1.85. The highest BCUT2D eigenvalue weighted by molar-refractivity contribution is 6.02. The van der Waals surface area contributed by atoms with Crippen molar-refractivity contribution in [2.24, 2.45) is 5.16 Å². The van der Waals surface area contributed by atoms with E-state index in [-0.39, 0.29) is 12.2 Å². The minimum Gasteiger partial charge on any atom is -0.487 e. The molecule has 0 radical (unpaired) electrons. The zero-order valence-corrected chi connectivity index (χ0v) is 12.3. The molecule has 0 bridgehead atoms. The molecule has 2 aliphatic carbocycles. The fourth-order valence-corrected chi connectivity index (χ4v) is 3.43. The lowest BCUT2D eigenvalue weighted by Gasteiger charge is -2.26. The van der Waals surface area contributed by atoms with E-state index in [2.05, 4.69) is 5.16 Å². The van der Waals surface area contributed by atoms with Crippen LogP contribution in [0.15, 0.2) is 23.4 Å². The zero-order chi connectivity index (χ0) is 14.7. The molecule has 0 saturated heterocycles. The van der Waals surface area contributed by atoms with Crippen molar-refractivity contribution >= 4 is 5.71 Å². The number of hydrogen-bond acceptors (Lipinski definition) is 4. The van der Waals surface area contributed by atoms with Gasteiger partial charge in [-0.3, -0.25) is 0 Å². The molecule has 2 atom stereocenters. The summed E-state index contributed by atoms with van der Waals surface area (Å²) in [4.78, 5) is 0. The van der Waals surface area contributed by atoms with Gasteiger partial charge >= 0.3 is 0 Å². The number of aliphatic hydroxyl groups excluding tert-OH is 1. The smallest absolute Gasteiger partial charge is 0.124 e. The van der Waals surface area contributed by atoms with Crippen LogP contribution in [0.4, 0.5) is 0 Å². The van der Waals surface area contributed by atoms with Crippen molar-refractivity contribution in [3.63, 3.8) is 0 Å². The molecule has 3 rings (SSSR count). The van der Waals surface area contributed by atoms with Crippen molar-refractivity contribution in [3.8, 4) is 5.75 Å². The Hall–Kier alpha value is -1.55. The summed E-state index contributed by atoms with van der Waals surface area (Å²) in [6.07, 6.45) is 7.31. The van der Waals surface area contributed by atoms with E-state index in [0.29, 0.717) is 0 Å². The number of oxime groups is 1. The number of benzene rings is 1. The second kappa shape index (κ2) is 6.48. The highest BCUT2D eigenvalue weighted by atomic mass is 16.5. The quantitative estimate of drug-likeness (QED) is 0.499. The first-order chi connectivity index (χ1) is 10.3. The fourth-order valence-electron chi connectivity index (χ4n) is 3.43. The van der Waals surface area contributed by atoms with Crippen LogP contribution < -0.4 is 4.74 Å². The minimum absolute atomic E-state index is 0.115. The number of hydrogen-bond donors (Lipinski definition) is 2. The second-order valence-electron chi connectivity index (χ2n) is 6.04. The Labute approximate surface area is 125 Å². The Kier molecular flexibility index (Phi) is 4.44. The summed E-state index contributed by atoms with van der Waals surface area (Å²) in [5.41, 5.74) is 2.85. The van der Waals surface area contributed by atoms with E-state index < -0.39 is 0 Å². The first kappa shape index (κ1) is 14.4. The molecule has 21 heavy (non-hydrogen) atoms. The minimum atomic E-state index is -0.377. The molecular formula is C17H23NO3. The molecule has 2 N–H and O–H groups in total. The van der Waals surface area contributed by atoms with Crippen LogP contribution in [0.3, 0.4) is 0 Å². The largest absolute Gasteiger partial charge is 0.487 e. The van der Waals surface area contributed by atoms with Crippen LogP contribution in [0.25, 0.3) is 0 Å². The number of nitrogens with zero attached hydrogens (tertiary/aromatic N) is 1. The highest BCUT2D eigenvalue weighted by Gasteiger charge is 2.26. The maximum Gasteiger partial charge on any atom is 0.124 e. The van der Waals surface area contributed by atoms with Gasteiger partial charge in [0.15, 0.2) is 0 Å². The van der Waals surface area contributed by atoms with E-state index in [0.717, 1.165) is 67.5 Å². The lowest BCUT2D eigenvalue weighted by molar-refractivity contribution is 0.0314. The van der Waals surface area contributed by atoms with E-state index in [4.69, 9.17) is 9.94 Å². The standard InChI is InChI=1S/C17H23NO3/c19-15-9-2-1-3-10-17(15)21-16-11-5-6-12-13(16)7-4-8-14(12)18-20/h5-6,11,15,17,19-20H,1-4,7-10H2. The van der Waals surface area contributed by atoms with Crippen LogP contribution in [0.1, 0.15) is 56.1 Å². The molecule has 0 heterocycles.